The van der Waals surface area contributed by atoms with Crippen molar-refractivity contribution in [1.82, 2.24) is 15.1 Å². The van der Waals surface area contributed by atoms with E-state index in [1.54, 1.807) is 0 Å². The summed E-state index contributed by atoms with van der Waals surface area (Å²) in [5, 5.41) is 3.39. The van der Waals surface area contributed by atoms with E-state index in [9.17, 15) is 0 Å². The van der Waals surface area contributed by atoms with Gasteiger partial charge in [-0.05, 0) is 18.1 Å². The van der Waals surface area contributed by atoms with Crippen LogP contribution in [0.1, 0.15) is 39.2 Å². The summed E-state index contributed by atoms with van der Waals surface area (Å²) in [6.45, 7) is 16.5. The zero-order chi connectivity index (χ0) is 15.2. The predicted octanol–water partition coefficient (Wildman–Crippen LogP) is 2.55. The fraction of sp³-hybridized carbons (Fsp3) is 0.765. The van der Waals surface area contributed by atoms with E-state index in [-0.39, 0.29) is 0 Å². The minimum absolute atomic E-state index is 0.493. The summed E-state index contributed by atoms with van der Waals surface area (Å²) in [6.07, 6.45) is 0. The average molecular weight is 293 g/mol. The molecule has 0 bridgehead atoms. The van der Waals surface area contributed by atoms with E-state index in [1.165, 1.54) is 19.6 Å². The van der Waals surface area contributed by atoms with E-state index in [0.717, 1.165) is 43.6 Å². The SMILES string of the molecule is CC(C)CN1CCN(Cc2ccc(CNC(C)C)o2)CC1. The van der Waals surface area contributed by atoms with Crippen LogP contribution < -0.4 is 5.32 Å². The molecule has 0 atom stereocenters. The molecule has 1 fully saturated rings. The van der Waals surface area contributed by atoms with E-state index < -0.39 is 0 Å². The molecule has 0 aromatic carbocycles. The third-order valence-corrected chi connectivity index (χ3v) is 3.87. The van der Waals surface area contributed by atoms with Gasteiger partial charge in [0.2, 0.25) is 0 Å². The van der Waals surface area contributed by atoms with Gasteiger partial charge in [-0.3, -0.25) is 4.90 Å². The smallest absolute Gasteiger partial charge is 0.118 e. The summed E-state index contributed by atoms with van der Waals surface area (Å²) in [6, 6.07) is 4.71. The van der Waals surface area contributed by atoms with Crippen LogP contribution in [0.25, 0.3) is 0 Å². The average Bonchev–Trinajstić information content (AvgIpc) is 2.86. The van der Waals surface area contributed by atoms with Crippen LogP contribution in [0.4, 0.5) is 0 Å². The van der Waals surface area contributed by atoms with Gasteiger partial charge in [0.25, 0.3) is 0 Å². The van der Waals surface area contributed by atoms with E-state index in [1.807, 2.05) is 0 Å². The third kappa shape index (κ3) is 5.81. The van der Waals surface area contributed by atoms with Crippen LogP contribution in [0.2, 0.25) is 0 Å². The summed E-state index contributed by atoms with van der Waals surface area (Å²) in [5.41, 5.74) is 0. The third-order valence-electron chi connectivity index (χ3n) is 3.87. The molecule has 2 heterocycles. The highest BCUT2D eigenvalue weighted by Crippen LogP contribution is 2.13. The maximum Gasteiger partial charge on any atom is 0.118 e. The van der Waals surface area contributed by atoms with Gasteiger partial charge in [-0.25, -0.2) is 0 Å². The first-order chi connectivity index (χ1) is 10.0. The molecule has 1 aromatic heterocycles. The Kier molecular flexibility index (Phi) is 6.27. The molecule has 2 rings (SSSR count). The molecule has 1 aliphatic heterocycles. The maximum atomic E-state index is 5.91. The molecule has 0 saturated carbocycles. The summed E-state index contributed by atoms with van der Waals surface area (Å²) in [5.74, 6) is 2.89. The molecule has 1 aromatic rings. The molecule has 0 amide bonds. The molecule has 4 nitrogen and oxygen atoms in total. The number of rotatable bonds is 7. The minimum Gasteiger partial charge on any atom is -0.463 e. The van der Waals surface area contributed by atoms with Crippen LogP contribution in [0.5, 0.6) is 0 Å². The number of nitrogens with zero attached hydrogens (tertiary/aromatic N) is 2. The highest BCUT2D eigenvalue weighted by atomic mass is 16.3. The van der Waals surface area contributed by atoms with Gasteiger partial charge >= 0.3 is 0 Å². The Morgan fingerprint density at radius 2 is 1.62 bits per heavy atom. The van der Waals surface area contributed by atoms with E-state index in [2.05, 4.69) is 54.9 Å². The van der Waals surface area contributed by atoms with Crippen molar-refractivity contribution in [3.63, 3.8) is 0 Å². The normalized spacial score (nSPS) is 18.0. The molecule has 0 radical (unpaired) electrons. The van der Waals surface area contributed by atoms with Gasteiger partial charge < -0.3 is 14.6 Å². The van der Waals surface area contributed by atoms with Gasteiger partial charge in [-0.15, -0.1) is 0 Å². The summed E-state index contributed by atoms with van der Waals surface area (Å²) in [7, 11) is 0. The van der Waals surface area contributed by atoms with Crippen molar-refractivity contribution in [1.29, 1.82) is 0 Å². The lowest BCUT2D eigenvalue weighted by Gasteiger charge is -2.35. The first kappa shape index (κ1) is 16.5. The highest BCUT2D eigenvalue weighted by molar-refractivity contribution is 5.07. The molecule has 0 spiro atoms. The Balaban J connectivity index is 1.73. The Morgan fingerprint density at radius 3 is 2.24 bits per heavy atom. The van der Waals surface area contributed by atoms with E-state index in [4.69, 9.17) is 4.42 Å². The lowest BCUT2D eigenvalue weighted by molar-refractivity contribution is 0.111. The monoisotopic (exact) mass is 293 g/mol. The van der Waals surface area contributed by atoms with Crippen molar-refractivity contribution in [2.45, 2.75) is 46.8 Å². The summed E-state index contributed by atoms with van der Waals surface area (Å²) < 4.78 is 5.91. The Labute approximate surface area is 129 Å². The molecule has 1 saturated heterocycles. The molecule has 21 heavy (non-hydrogen) atoms. The number of furan rings is 1. The van der Waals surface area contributed by atoms with Crippen molar-refractivity contribution >= 4 is 0 Å². The van der Waals surface area contributed by atoms with Crippen LogP contribution in [0.15, 0.2) is 16.5 Å². The lowest BCUT2D eigenvalue weighted by Crippen LogP contribution is -2.46. The van der Waals surface area contributed by atoms with Crippen LogP contribution in [-0.4, -0.2) is 48.6 Å². The van der Waals surface area contributed by atoms with Crippen LogP contribution in [0, 0.1) is 5.92 Å². The Hall–Kier alpha value is -0.840. The second-order valence-corrected chi connectivity index (χ2v) is 6.87. The van der Waals surface area contributed by atoms with Gasteiger partial charge in [-0.1, -0.05) is 27.7 Å². The topological polar surface area (TPSA) is 31.6 Å². The van der Waals surface area contributed by atoms with E-state index in [0.29, 0.717) is 6.04 Å². The van der Waals surface area contributed by atoms with Crippen molar-refractivity contribution in [3.8, 4) is 0 Å². The number of hydrogen-bond donors (Lipinski definition) is 1. The summed E-state index contributed by atoms with van der Waals surface area (Å²) >= 11 is 0. The van der Waals surface area contributed by atoms with Crippen LogP contribution >= 0.6 is 0 Å². The lowest BCUT2D eigenvalue weighted by atomic mass is 10.2. The quantitative estimate of drug-likeness (QED) is 0.837. The van der Waals surface area contributed by atoms with Gasteiger partial charge in [-0.2, -0.15) is 0 Å². The fourth-order valence-corrected chi connectivity index (χ4v) is 2.77. The second-order valence-electron chi connectivity index (χ2n) is 6.87. The molecule has 0 unspecified atom stereocenters. The molecule has 0 aliphatic carbocycles. The first-order valence-corrected chi connectivity index (χ1v) is 8.28. The number of piperazine rings is 1. The Bertz CT molecular complexity index is 406. The highest BCUT2D eigenvalue weighted by Gasteiger charge is 2.18. The molecule has 4 heteroatoms. The largest absolute Gasteiger partial charge is 0.463 e. The molecule has 1 aliphatic rings. The Morgan fingerprint density at radius 1 is 1.00 bits per heavy atom. The van der Waals surface area contributed by atoms with Gasteiger partial charge in [0.05, 0.1) is 13.1 Å². The zero-order valence-corrected chi connectivity index (χ0v) is 14.1. The number of nitrogens with one attached hydrogen (secondary N) is 1. The fourth-order valence-electron chi connectivity index (χ4n) is 2.77. The van der Waals surface area contributed by atoms with Gasteiger partial charge in [0.1, 0.15) is 11.5 Å². The second kappa shape index (κ2) is 7.97. The zero-order valence-electron chi connectivity index (χ0n) is 14.1. The van der Waals surface area contributed by atoms with Crippen LogP contribution in [-0.2, 0) is 13.1 Å². The van der Waals surface area contributed by atoms with Gasteiger partial charge in [0.15, 0.2) is 0 Å². The minimum atomic E-state index is 0.493. The molecular weight excluding hydrogens is 262 g/mol. The van der Waals surface area contributed by atoms with Crippen molar-refractivity contribution in [2.75, 3.05) is 32.7 Å². The number of hydrogen-bond acceptors (Lipinski definition) is 4. The van der Waals surface area contributed by atoms with Gasteiger partial charge in [0, 0.05) is 38.8 Å². The van der Waals surface area contributed by atoms with Crippen molar-refractivity contribution in [2.24, 2.45) is 5.92 Å². The standard InChI is InChI=1S/C17H31N3O/c1-14(2)12-19-7-9-20(10-8-19)13-17-6-5-16(21-17)11-18-15(3)4/h5-6,14-15,18H,7-13H2,1-4H3. The van der Waals surface area contributed by atoms with E-state index >= 15 is 0 Å². The van der Waals surface area contributed by atoms with Crippen LogP contribution in [0.3, 0.4) is 0 Å². The van der Waals surface area contributed by atoms with Crippen molar-refractivity contribution in [3.05, 3.63) is 23.7 Å². The van der Waals surface area contributed by atoms with Crippen molar-refractivity contribution < 1.29 is 4.42 Å². The predicted molar refractivity (Wildman–Crippen MR) is 87.2 cm³/mol. The molecular formula is C17H31N3O. The molecule has 1 N–H and O–H groups in total. The maximum absolute atomic E-state index is 5.91. The summed E-state index contributed by atoms with van der Waals surface area (Å²) in [4.78, 5) is 5.07. The first-order valence-electron chi connectivity index (χ1n) is 8.28. The molecule has 120 valence electrons.